The molecule has 0 amide bonds. The van der Waals surface area contributed by atoms with Crippen molar-refractivity contribution >= 4 is 22.6 Å². The second-order valence-electron chi connectivity index (χ2n) is 7.28. The number of benzene rings is 1. The molecule has 1 aromatic carbocycles. The van der Waals surface area contributed by atoms with Crippen LogP contribution >= 0.6 is 11.6 Å². The molecular weight excluding hydrogens is 284 g/mol. The highest BCUT2D eigenvalue weighted by Gasteiger charge is 2.62. The Morgan fingerprint density at radius 3 is 2.95 bits per heavy atom. The second-order valence-corrected chi connectivity index (χ2v) is 7.72. The second kappa shape index (κ2) is 4.05. The third-order valence-corrected chi connectivity index (χ3v) is 6.63. The van der Waals surface area contributed by atoms with Crippen LogP contribution in [0.4, 0.5) is 0 Å². The molecule has 5 atom stereocenters. The van der Waals surface area contributed by atoms with Gasteiger partial charge >= 0.3 is 0 Å². The van der Waals surface area contributed by atoms with Crippen molar-refractivity contribution in [1.29, 1.82) is 0 Å². The van der Waals surface area contributed by atoms with E-state index in [-0.39, 0.29) is 0 Å². The Balaban J connectivity index is 1.59. The average molecular weight is 303 g/mol. The quantitative estimate of drug-likeness (QED) is 0.826. The number of fused-ring (bicyclic) bond motifs is 6. The average Bonchev–Trinajstić information content (AvgIpc) is 3.17. The Labute approximate surface area is 129 Å². The van der Waals surface area contributed by atoms with E-state index in [9.17, 15) is 5.11 Å². The summed E-state index contributed by atoms with van der Waals surface area (Å²) in [6, 6.07) is 7.66. The van der Waals surface area contributed by atoms with Crippen LogP contribution in [0.15, 0.2) is 28.7 Å². The lowest BCUT2D eigenvalue weighted by molar-refractivity contribution is -0.0659. The fourth-order valence-corrected chi connectivity index (χ4v) is 5.80. The maximum atomic E-state index is 11.3. The van der Waals surface area contributed by atoms with Gasteiger partial charge in [0.15, 0.2) is 0 Å². The minimum Gasteiger partial charge on any atom is -0.458 e. The lowest BCUT2D eigenvalue weighted by Gasteiger charge is -2.37. The van der Waals surface area contributed by atoms with E-state index < -0.39 is 5.60 Å². The molecule has 5 rings (SSSR count). The predicted octanol–water partition coefficient (Wildman–Crippen LogP) is 4.73. The molecule has 2 aromatic rings. The topological polar surface area (TPSA) is 33.4 Å². The van der Waals surface area contributed by atoms with Gasteiger partial charge in [-0.1, -0.05) is 18.0 Å². The molecule has 0 saturated heterocycles. The zero-order valence-electron chi connectivity index (χ0n) is 11.9. The Morgan fingerprint density at radius 2 is 2.05 bits per heavy atom. The third kappa shape index (κ3) is 1.58. The summed E-state index contributed by atoms with van der Waals surface area (Å²) in [6.07, 6.45) is 6.07. The van der Waals surface area contributed by atoms with E-state index >= 15 is 0 Å². The molecule has 3 aliphatic carbocycles. The van der Waals surface area contributed by atoms with Crippen molar-refractivity contribution in [2.75, 3.05) is 0 Å². The molecule has 0 radical (unpaired) electrons. The van der Waals surface area contributed by atoms with Crippen molar-refractivity contribution in [3.63, 3.8) is 0 Å². The molecule has 3 saturated carbocycles. The number of halogens is 1. The van der Waals surface area contributed by atoms with Gasteiger partial charge in [0.05, 0.1) is 0 Å². The molecule has 0 aliphatic heterocycles. The maximum Gasteiger partial charge on any atom is 0.137 e. The minimum absolute atomic E-state index is 0.394. The number of furan rings is 1. The molecule has 5 unspecified atom stereocenters. The summed E-state index contributed by atoms with van der Waals surface area (Å²) in [7, 11) is 0. The molecule has 2 bridgehead atoms. The molecule has 21 heavy (non-hydrogen) atoms. The Bertz CT molecular complexity index is 721. The molecule has 110 valence electrons. The van der Waals surface area contributed by atoms with Gasteiger partial charge in [-0.05, 0) is 73.6 Å². The summed E-state index contributed by atoms with van der Waals surface area (Å²) >= 11 is 6.05. The van der Waals surface area contributed by atoms with E-state index in [0.717, 1.165) is 29.1 Å². The minimum atomic E-state index is -0.748. The van der Waals surface area contributed by atoms with Crippen LogP contribution in [-0.2, 0) is 5.60 Å². The van der Waals surface area contributed by atoms with E-state index in [1.807, 2.05) is 24.3 Å². The van der Waals surface area contributed by atoms with Crippen LogP contribution < -0.4 is 0 Å². The first-order valence-corrected chi connectivity index (χ1v) is 8.45. The van der Waals surface area contributed by atoms with E-state index in [1.54, 1.807) is 0 Å². The van der Waals surface area contributed by atoms with Gasteiger partial charge in [-0.3, -0.25) is 0 Å². The fraction of sp³-hybridized carbons (Fsp3) is 0.556. The van der Waals surface area contributed by atoms with Gasteiger partial charge in [-0.25, -0.2) is 0 Å². The highest BCUT2D eigenvalue weighted by Crippen LogP contribution is 2.65. The van der Waals surface area contributed by atoms with E-state index in [4.69, 9.17) is 16.0 Å². The summed E-state index contributed by atoms with van der Waals surface area (Å²) < 4.78 is 6.00. The number of rotatable bonds is 1. The number of hydrogen-bond acceptors (Lipinski definition) is 2. The Kier molecular flexibility index (Phi) is 2.42. The van der Waals surface area contributed by atoms with Gasteiger partial charge in [0.25, 0.3) is 0 Å². The monoisotopic (exact) mass is 302 g/mol. The van der Waals surface area contributed by atoms with Crippen LogP contribution in [0.2, 0.25) is 5.02 Å². The largest absolute Gasteiger partial charge is 0.458 e. The summed E-state index contributed by atoms with van der Waals surface area (Å²) in [5.74, 6) is 3.44. The fourth-order valence-electron chi connectivity index (χ4n) is 5.62. The SMILES string of the molecule is OC1(c2cc3cc(Cl)ccc3o2)CC2CC1C1CCCC21. The van der Waals surface area contributed by atoms with E-state index in [1.165, 1.54) is 25.7 Å². The standard InChI is InChI=1S/C18H19ClO2/c19-12-4-5-16-10(6-12)8-17(21-16)18(20)9-11-7-15(18)14-3-1-2-13(11)14/h4-6,8,11,13-15,20H,1-3,7,9H2. The van der Waals surface area contributed by atoms with Crippen LogP contribution in [0.1, 0.15) is 37.9 Å². The van der Waals surface area contributed by atoms with Crippen LogP contribution in [0.25, 0.3) is 11.0 Å². The van der Waals surface area contributed by atoms with Crippen molar-refractivity contribution in [2.24, 2.45) is 23.7 Å². The maximum absolute atomic E-state index is 11.3. The van der Waals surface area contributed by atoms with Gasteiger partial charge in [0.1, 0.15) is 16.9 Å². The molecule has 1 aromatic heterocycles. The van der Waals surface area contributed by atoms with Crippen LogP contribution in [0, 0.1) is 23.7 Å². The molecule has 1 heterocycles. The molecule has 1 N–H and O–H groups in total. The van der Waals surface area contributed by atoms with Gasteiger partial charge in [-0.15, -0.1) is 0 Å². The molecular formula is C18H19ClO2. The Morgan fingerprint density at radius 1 is 1.19 bits per heavy atom. The van der Waals surface area contributed by atoms with Crippen molar-refractivity contribution < 1.29 is 9.52 Å². The van der Waals surface area contributed by atoms with Crippen molar-refractivity contribution in [2.45, 2.75) is 37.7 Å². The summed E-state index contributed by atoms with van der Waals surface area (Å²) in [5.41, 5.74) is 0.0790. The lowest BCUT2D eigenvalue weighted by atomic mass is 9.72. The smallest absolute Gasteiger partial charge is 0.137 e. The summed E-state index contributed by atoms with van der Waals surface area (Å²) in [4.78, 5) is 0. The van der Waals surface area contributed by atoms with Crippen LogP contribution in [0.5, 0.6) is 0 Å². The first-order valence-electron chi connectivity index (χ1n) is 8.07. The Hall–Kier alpha value is -0.990. The predicted molar refractivity (Wildman–Crippen MR) is 82.2 cm³/mol. The summed E-state index contributed by atoms with van der Waals surface area (Å²) in [6.45, 7) is 0. The first kappa shape index (κ1) is 12.5. The lowest BCUT2D eigenvalue weighted by Crippen LogP contribution is -2.38. The van der Waals surface area contributed by atoms with E-state index in [2.05, 4.69) is 0 Å². The van der Waals surface area contributed by atoms with Crippen molar-refractivity contribution in [3.8, 4) is 0 Å². The van der Waals surface area contributed by atoms with Crippen LogP contribution in [0.3, 0.4) is 0 Å². The molecule has 2 nitrogen and oxygen atoms in total. The van der Waals surface area contributed by atoms with Crippen molar-refractivity contribution in [3.05, 3.63) is 35.0 Å². The van der Waals surface area contributed by atoms with Gasteiger partial charge in [-0.2, -0.15) is 0 Å². The molecule has 3 heteroatoms. The van der Waals surface area contributed by atoms with Crippen LogP contribution in [-0.4, -0.2) is 5.11 Å². The zero-order chi connectivity index (χ0) is 14.2. The number of aliphatic hydroxyl groups is 1. The highest BCUT2D eigenvalue weighted by atomic mass is 35.5. The molecule has 0 spiro atoms. The van der Waals surface area contributed by atoms with Gasteiger partial charge < -0.3 is 9.52 Å². The zero-order valence-corrected chi connectivity index (χ0v) is 12.6. The first-order chi connectivity index (χ1) is 10.1. The van der Waals surface area contributed by atoms with Gasteiger partial charge in [0.2, 0.25) is 0 Å². The van der Waals surface area contributed by atoms with E-state index in [0.29, 0.717) is 22.8 Å². The normalized spacial score (nSPS) is 41.0. The highest BCUT2D eigenvalue weighted by molar-refractivity contribution is 6.31. The molecule has 3 aliphatic rings. The van der Waals surface area contributed by atoms with Crippen molar-refractivity contribution in [1.82, 2.24) is 0 Å². The number of hydrogen-bond donors (Lipinski definition) is 1. The summed E-state index contributed by atoms with van der Waals surface area (Å²) in [5, 5.41) is 13.1. The van der Waals surface area contributed by atoms with Gasteiger partial charge in [0, 0.05) is 10.4 Å². The third-order valence-electron chi connectivity index (χ3n) is 6.40. The molecule has 3 fully saturated rings.